The fourth-order valence-electron chi connectivity index (χ4n) is 4.70. The van der Waals surface area contributed by atoms with Crippen LogP contribution in [0, 0.1) is 0 Å². The molecule has 2 aliphatic heterocycles. The molecule has 2 aliphatic rings. The molecule has 5 rings (SSSR count). The average molecular weight is 463 g/mol. The first-order chi connectivity index (χ1) is 16.6. The third-order valence-electron chi connectivity index (χ3n) is 6.41. The first kappa shape index (κ1) is 21.8. The second-order valence-electron chi connectivity index (χ2n) is 8.33. The van der Waals surface area contributed by atoms with Crippen LogP contribution in [0.25, 0.3) is 0 Å². The Morgan fingerprint density at radius 1 is 1.26 bits per heavy atom. The van der Waals surface area contributed by atoms with Crippen molar-refractivity contribution in [1.82, 2.24) is 25.5 Å². The van der Waals surface area contributed by atoms with Gasteiger partial charge in [-0.1, -0.05) is 18.2 Å². The Morgan fingerprint density at radius 3 is 2.76 bits per heavy atom. The molecule has 0 spiro atoms. The van der Waals surface area contributed by atoms with E-state index in [9.17, 15) is 9.90 Å². The molecule has 2 aromatic heterocycles. The number of carbonyl (C=O) groups is 1. The van der Waals surface area contributed by atoms with Crippen LogP contribution in [0.4, 0.5) is 16.3 Å². The number of nitrogen functional groups attached to an aromatic ring is 1. The maximum Gasteiger partial charge on any atom is 0.407 e. The number of nitrogens with zero attached hydrogens (tertiary/aromatic N) is 5. The minimum absolute atomic E-state index is 0.171. The lowest BCUT2D eigenvalue weighted by atomic mass is 9.84. The maximum atomic E-state index is 11.2. The number of methoxy groups -OCH3 is 1. The Labute approximate surface area is 195 Å². The smallest absolute Gasteiger partial charge is 0.407 e. The molecule has 0 aliphatic carbocycles. The van der Waals surface area contributed by atoms with Gasteiger partial charge in [-0.15, -0.1) is 0 Å². The van der Waals surface area contributed by atoms with Gasteiger partial charge in [0.15, 0.2) is 11.5 Å². The minimum Gasteiger partial charge on any atom is -0.496 e. The van der Waals surface area contributed by atoms with E-state index < -0.39 is 6.09 Å². The molecule has 1 aromatic carbocycles. The quantitative estimate of drug-likeness (QED) is 0.501. The first-order valence-corrected chi connectivity index (χ1v) is 11.0. The van der Waals surface area contributed by atoms with Gasteiger partial charge in [-0.05, 0) is 40.3 Å². The molecule has 11 heteroatoms. The van der Waals surface area contributed by atoms with Gasteiger partial charge in [-0.3, -0.25) is 4.98 Å². The summed E-state index contributed by atoms with van der Waals surface area (Å²) in [5.74, 6) is 0.595. The van der Waals surface area contributed by atoms with Gasteiger partial charge in [0.05, 0.1) is 30.6 Å². The van der Waals surface area contributed by atoms with E-state index in [0.717, 1.165) is 41.0 Å². The van der Waals surface area contributed by atoms with Crippen LogP contribution in [-0.4, -0.2) is 63.3 Å². The lowest BCUT2D eigenvalue weighted by Gasteiger charge is -2.30. The Hall–Kier alpha value is -3.99. The van der Waals surface area contributed by atoms with Crippen LogP contribution in [0.2, 0.25) is 0 Å². The SMILES string of the molecule is COc1ccccc1C1C(c2nonc2N)=Nc2cncc(CNC3CCN(C(=O)O)CC3)c21. The van der Waals surface area contributed by atoms with Crippen LogP contribution in [0.3, 0.4) is 0 Å². The summed E-state index contributed by atoms with van der Waals surface area (Å²) in [6.07, 6.45) is 4.21. The van der Waals surface area contributed by atoms with Crippen molar-refractivity contribution in [3.63, 3.8) is 0 Å². The van der Waals surface area contributed by atoms with Crippen molar-refractivity contribution in [1.29, 1.82) is 0 Å². The van der Waals surface area contributed by atoms with E-state index in [1.165, 1.54) is 4.90 Å². The van der Waals surface area contributed by atoms with E-state index >= 15 is 0 Å². The highest BCUT2D eigenvalue weighted by atomic mass is 16.6. The normalized spacial score (nSPS) is 18.0. The van der Waals surface area contributed by atoms with E-state index in [2.05, 4.69) is 20.6 Å². The van der Waals surface area contributed by atoms with E-state index in [1.54, 1.807) is 13.3 Å². The van der Waals surface area contributed by atoms with Crippen molar-refractivity contribution in [2.24, 2.45) is 4.99 Å². The molecule has 0 saturated carbocycles. The molecule has 34 heavy (non-hydrogen) atoms. The number of fused-ring (bicyclic) bond motifs is 1. The Bertz CT molecular complexity index is 1230. The Morgan fingerprint density at radius 2 is 2.06 bits per heavy atom. The van der Waals surface area contributed by atoms with E-state index in [4.69, 9.17) is 20.1 Å². The third kappa shape index (κ3) is 3.94. The highest BCUT2D eigenvalue weighted by Crippen LogP contribution is 2.45. The summed E-state index contributed by atoms with van der Waals surface area (Å²) in [6.45, 7) is 1.61. The molecule has 1 amide bonds. The number of ether oxygens (including phenoxy) is 1. The first-order valence-electron chi connectivity index (χ1n) is 11.0. The van der Waals surface area contributed by atoms with Crippen LogP contribution < -0.4 is 15.8 Å². The highest BCUT2D eigenvalue weighted by Gasteiger charge is 2.37. The number of hydrogen-bond acceptors (Lipinski definition) is 9. The summed E-state index contributed by atoms with van der Waals surface area (Å²) in [5.41, 5.74) is 10.7. The Kier molecular flexibility index (Phi) is 5.84. The van der Waals surface area contributed by atoms with Crippen molar-refractivity contribution in [2.45, 2.75) is 31.3 Å². The number of para-hydroxylation sites is 1. The molecular formula is C23H25N7O4. The van der Waals surface area contributed by atoms with Crippen LogP contribution in [0.1, 0.15) is 41.1 Å². The van der Waals surface area contributed by atoms with Crippen molar-refractivity contribution >= 4 is 23.3 Å². The lowest BCUT2D eigenvalue weighted by Crippen LogP contribution is -2.44. The van der Waals surface area contributed by atoms with Gasteiger partial charge in [0, 0.05) is 37.4 Å². The predicted molar refractivity (Wildman–Crippen MR) is 123 cm³/mol. The third-order valence-corrected chi connectivity index (χ3v) is 6.41. The zero-order valence-electron chi connectivity index (χ0n) is 18.6. The zero-order valence-corrected chi connectivity index (χ0v) is 18.6. The molecule has 3 aromatic rings. The molecule has 1 fully saturated rings. The van der Waals surface area contributed by atoms with E-state index in [-0.39, 0.29) is 17.8 Å². The number of aliphatic imine (C=N–C) groups is 1. The molecule has 4 N–H and O–H groups in total. The summed E-state index contributed by atoms with van der Waals surface area (Å²) in [4.78, 5) is 21.9. The predicted octanol–water partition coefficient (Wildman–Crippen LogP) is 2.55. The summed E-state index contributed by atoms with van der Waals surface area (Å²) >= 11 is 0. The molecule has 1 saturated heterocycles. The molecule has 1 unspecified atom stereocenters. The largest absolute Gasteiger partial charge is 0.496 e. The maximum absolute atomic E-state index is 11.2. The van der Waals surface area contributed by atoms with Gasteiger partial charge in [0.1, 0.15) is 5.75 Å². The van der Waals surface area contributed by atoms with Gasteiger partial charge < -0.3 is 25.8 Å². The fraction of sp³-hybridized carbons (Fsp3) is 0.348. The average Bonchev–Trinajstić information content (AvgIpc) is 3.46. The van der Waals surface area contributed by atoms with Gasteiger partial charge >= 0.3 is 6.09 Å². The van der Waals surface area contributed by atoms with Gasteiger partial charge in [-0.2, -0.15) is 0 Å². The number of likely N-dealkylation sites (tertiary alicyclic amines) is 1. The topological polar surface area (TPSA) is 152 Å². The number of hydrogen-bond donors (Lipinski definition) is 3. The van der Waals surface area contributed by atoms with Gasteiger partial charge in [0.2, 0.25) is 0 Å². The molecule has 176 valence electrons. The molecular weight excluding hydrogens is 438 g/mol. The number of benzene rings is 1. The summed E-state index contributed by atoms with van der Waals surface area (Å²) in [7, 11) is 1.63. The number of amides is 1. The molecule has 0 radical (unpaired) electrons. The standard InChI is InChI=1S/C23H25N7O4/c1-33-17-5-3-2-4-15(17)19-18-13(11-26-14-6-8-30(9-7-14)23(31)32)10-25-12-16(18)27-20(19)21-22(24)29-34-28-21/h2-5,10,12,14,19,26H,6-9,11H2,1H3,(H2,24,29)(H,31,32). The second-order valence-corrected chi connectivity index (χ2v) is 8.33. The van der Waals surface area contributed by atoms with Crippen molar-refractivity contribution < 1.29 is 19.3 Å². The number of aromatic nitrogens is 3. The van der Waals surface area contributed by atoms with Crippen molar-refractivity contribution in [3.05, 3.63) is 59.0 Å². The van der Waals surface area contributed by atoms with E-state index in [1.807, 2.05) is 30.5 Å². The molecule has 0 bridgehead atoms. The van der Waals surface area contributed by atoms with Crippen LogP contribution >= 0.6 is 0 Å². The monoisotopic (exact) mass is 463 g/mol. The van der Waals surface area contributed by atoms with Crippen molar-refractivity contribution in [2.75, 3.05) is 25.9 Å². The molecule has 11 nitrogen and oxygen atoms in total. The van der Waals surface area contributed by atoms with Gasteiger partial charge in [-0.25, -0.2) is 14.4 Å². The van der Waals surface area contributed by atoms with Crippen LogP contribution in [-0.2, 0) is 6.54 Å². The number of anilines is 1. The molecule has 1 atom stereocenters. The fourth-order valence-corrected chi connectivity index (χ4v) is 4.70. The summed E-state index contributed by atoms with van der Waals surface area (Å²) in [5, 5.41) is 20.5. The number of piperidine rings is 1. The number of nitrogens with one attached hydrogen (secondary N) is 1. The zero-order chi connectivity index (χ0) is 23.7. The number of nitrogens with two attached hydrogens (primary N) is 1. The molecule has 4 heterocycles. The summed E-state index contributed by atoms with van der Waals surface area (Å²) < 4.78 is 10.5. The number of pyridine rings is 1. The van der Waals surface area contributed by atoms with Crippen molar-refractivity contribution in [3.8, 4) is 5.75 Å². The van der Waals surface area contributed by atoms with Gasteiger partial charge in [0.25, 0.3) is 0 Å². The highest BCUT2D eigenvalue weighted by molar-refractivity contribution is 6.13. The second kappa shape index (κ2) is 9.10. The van der Waals surface area contributed by atoms with Crippen LogP contribution in [0.5, 0.6) is 5.75 Å². The van der Waals surface area contributed by atoms with Crippen LogP contribution in [0.15, 0.2) is 46.3 Å². The Balaban J connectivity index is 1.48. The summed E-state index contributed by atoms with van der Waals surface area (Å²) in [6, 6.07) is 7.99. The lowest BCUT2D eigenvalue weighted by molar-refractivity contribution is 0.129. The number of carboxylic acid groups (broad SMARTS) is 1. The number of rotatable bonds is 6. The van der Waals surface area contributed by atoms with E-state index in [0.29, 0.717) is 31.0 Å². The minimum atomic E-state index is -0.866.